The molecule has 0 amide bonds. The molecule has 1 N–H and O–H groups in total. The van der Waals surface area contributed by atoms with Crippen LogP contribution in [0.15, 0.2) is 0 Å². The number of Topliss-reactive ketones (excluding diaryl/α,β-unsaturated/α-hetero) is 1. The van der Waals surface area contributed by atoms with E-state index in [9.17, 15) is 4.79 Å². The molecule has 1 heterocycles. The first-order valence-electron chi connectivity index (χ1n) is 7.09. The lowest BCUT2D eigenvalue weighted by atomic mass is 9.82. The van der Waals surface area contributed by atoms with Crippen LogP contribution < -0.4 is 5.32 Å². The highest BCUT2D eigenvalue weighted by Gasteiger charge is 2.23. The first-order chi connectivity index (χ1) is 7.86. The van der Waals surface area contributed by atoms with Gasteiger partial charge in [0.2, 0.25) is 0 Å². The summed E-state index contributed by atoms with van der Waals surface area (Å²) in [5, 5.41) is 3.38. The van der Waals surface area contributed by atoms with Crippen LogP contribution >= 0.6 is 0 Å². The zero-order valence-corrected chi connectivity index (χ0v) is 10.3. The second-order valence-electron chi connectivity index (χ2n) is 5.55. The fourth-order valence-corrected chi connectivity index (χ4v) is 3.18. The molecule has 0 radical (unpaired) electrons. The summed E-state index contributed by atoms with van der Waals surface area (Å²) in [6.07, 6.45) is 11.0. The molecule has 0 aromatic rings. The lowest BCUT2D eigenvalue weighted by Gasteiger charge is -2.22. The Labute approximate surface area is 99.2 Å². The van der Waals surface area contributed by atoms with E-state index in [0.29, 0.717) is 11.7 Å². The maximum atomic E-state index is 12.2. The van der Waals surface area contributed by atoms with E-state index in [1.807, 2.05) is 0 Å². The van der Waals surface area contributed by atoms with Gasteiger partial charge in [-0.15, -0.1) is 0 Å². The van der Waals surface area contributed by atoms with E-state index >= 15 is 0 Å². The van der Waals surface area contributed by atoms with E-state index in [1.54, 1.807) is 0 Å². The number of carbonyl (C=O) groups is 1. The fourth-order valence-electron chi connectivity index (χ4n) is 3.18. The third-order valence-corrected chi connectivity index (χ3v) is 4.25. The maximum Gasteiger partial charge on any atom is 0.136 e. The highest BCUT2D eigenvalue weighted by molar-refractivity contribution is 5.81. The van der Waals surface area contributed by atoms with Gasteiger partial charge in [-0.1, -0.05) is 32.1 Å². The Morgan fingerprint density at radius 3 is 2.56 bits per heavy atom. The monoisotopic (exact) mass is 223 g/mol. The SMILES string of the molecule is O=C(CC1CCCCC1)C1CCCNCC1. The molecule has 2 aliphatic rings. The minimum atomic E-state index is 0.372. The first-order valence-corrected chi connectivity index (χ1v) is 7.09. The average Bonchev–Trinajstić information content (AvgIpc) is 2.59. The van der Waals surface area contributed by atoms with Crippen LogP contribution in [0.2, 0.25) is 0 Å². The third kappa shape index (κ3) is 3.58. The van der Waals surface area contributed by atoms with Crippen LogP contribution in [-0.4, -0.2) is 18.9 Å². The Hall–Kier alpha value is -0.370. The van der Waals surface area contributed by atoms with Crippen LogP contribution in [0.1, 0.15) is 57.8 Å². The summed E-state index contributed by atoms with van der Waals surface area (Å²) in [4.78, 5) is 12.2. The lowest BCUT2D eigenvalue weighted by molar-refractivity contribution is -0.124. The second kappa shape index (κ2) is 6.39. The summed E-state index contributed by atoms with van der Waals surface area (Å²) in [5.41, 5.74) is 0. The van der Waals surface area contributed by atoms with Crippen molar-refractivity contribution in [1.82, 2.24) is 5.32 Å². The van der Waals surface area contributed by atoms with E-state index in [-0.39, 0.29) is 0 Å². The van der Waals surface area contributed by atoms with Crippen LogP contribution in [0.4, 0.5) is 0 Å². The van der Waals surface area contributed by atoms with Gasteiger partial charge in [0, 0.05) is 12.3 Å². The number of ketones is 1. The number of nitrogens with one attached hydrogen (secondary N) is 1. The molecule has 1 saturated heterocycles. The van der Waals surface area contributed by atoms with Crippen molar-refractivity contribution in [1.29, 1.82) is 0 Å². The van der Waals surface area contributed by atoms with Crippen LogP contribution in [0, 0.1) is 11.8 Å². The summed E-state index contributed by atoms with van der Waals surface area (Å²) >= 11 is 0. The standard InChI is InChI=1S/C14H25NO/c16-14(11-12-5-2-1-3-6-12)13-7-4-9-15-10-8-13/h12-13,15H,1-11H2. The highest BCUT2D eigenvalue weighted by atomic mass is 16.1. The van der Waals surface area contributed by atoms with Gasteiger partial charge in [-0.2, -0.15) is 0 Å². The van der Waals surface area contributed by atoms with E-state index < -0.39 is 0 Å². The molecule has 1 saturated carbocycles. The minimum Gasteiger partial charge on any atom is -0.317 e. The smallest absolute Gasteiger partial charge is 0.136 e. The molecule has 1 aliphatic carbocycles. The molecule has 1 unspecified atom stereocenters. The Morgan fingerprint density at radius 2 is 1.75 bits per heavy atom. The molecule has 0 bridgehead atoms. The predicted octanol–water partition coefficient (Wildman–Crippen LogP) is 2.92. The first kappa shape index (κ1) is 12.1. The van der Waals surface area contributed by atoms with Crippen molar-refractivity contribution >= 4 is 5.78 Å². The van der Waals surface area contributed by atoms with Crippen LogP contribution in [0.5, 0.6) is 0 Å². The van der Waals surface area contributed by atoms with E-state index in [1.165, 1.54) is 38.5 Å². The fraction of sp³-hybridized carbons (Fsp3) is 0.929. The molecule has 1 aliphatic heterocycles. The molecule has 2 heteroatoms. The van der Waals surface area contributed by atoms with Crippen LogP contribution in [0.3, 0.4) is 0 Å². The zero-order valence-electron chi connectivity index (χ0n) is 10.3. The van der Waals surface area contributed by atoms with Crippen LogP contribution in [-0.2, 0) is 4.79 Å². The Bertz CT molecular complexity index is 213. The molecule has 2 nitrogen and oxygen atoms in total. The molecule has 2 fully saturated rings. The molecule has 16 heavy (non-hydrogen) atoms. The number of rotatable bonds is 3. The minimum absolute atomic E-state index is 0.372. The Balaban J connectivity index is 1.76. The highest BCUT2D eigenvalue weighted by Crippen LogP contribution is 2.28. The van der Waals surface area contributed by atoms with Crippen molar-refractivity contribution in [3.8, 4) is 0 Å². The van der Waals surface area contributed by atoms with Crippen LogP contribution in [0.25, 0.3) is 0 Å². The van der Waals surface area contributed by atoms with Gasteiger partial charge in [-0.3, -0.25) is 4.79 Å². The maximum absolute atomic E-state index is 12.2. The quantitative estimate of drug-likeness (QED) is 0.797. The second-order valence-corrected chi connectivity index (χ2v) is 5.55. The Morgan fingerprint density at radius 1 is 0.938 bits per heavy atom. The van der Waals surface area contributed by atoms with Gasteiger partial charge in [0.25, 0.3) is 0 Å². The molecule has 1 atom stereocenters. The van der Waals surface area contributed by atoms with Gasteiger partial charge in [-0.25, -0.2) is 0 Å². The van der Waals surface area contributed by atoms with Gasteiger partial charge < -0.3 is 5.32 Å². The van der Waals surface area contributed by atoms with Crippen molar-refractivity contribution in [2.24, 2.45) is 11.8 Å². The summed E-state index contributed by atoms with van der Waals surface area (Å²) < 4.78 is 0. The van der Waals surface area contributed by atoms with Gasteiger partial charge in [0.15, 0.2) is 0 Å². The molecule has 2 rings (SSSR count). The van der Waals surface area contributed by atoms with Crippen molar-refractivity contribution in [2.45, 2.75) is 57.8 Å². The van der Waals surface area contributed by atoms with Crippen molar-refractivity contribution in [3.05, 3.63) is 0 Å². The van der Waals surface area contributed by atoms with Gasteiger partial charge >= 0.3 is 0 Å². The van der Waals surface area contributed by atoms with Crippen molar-refractivity contribution in [2.75, 3.05) is 13.1 Å². The molecule has 0 aromatic heterocycles. The predicted molar refractivity (Wildman–Crippen MR) is 66.4 cm³/mol. The topological polar surface area (TPSA) is 29.1 Å². The normalized spacial score (nSPS) is 28.6. The molecule has 92 valence electrons. The molecular weight excluding hydrogens is 198 g/mol. The number of carbonyl (C=O) groups excluding carboxylic acids is 1. The number of hydrogen-bond acceptors (Lipinski definition) is 2. The van der Waals surface area contributed by atoms with E-state index in [4.69, 9.17) is 0 Å². The molecule has 0 aromatic carbocycles. The largest absolute Gasteiger partial charge is 0.317 e. The third-order valence-electron chi connectivity index (χ3n) is 4.25. The average molecular weight is 223 g/mol. The summed E-state index contributed by atoms with van der Waals surface area (Å²) in [7, 11) is 0. The number of hydrogen-bond donors (Lipinski definition) is 1. The van der Waals surface area contributed by atoms with Crippen molar-refractivity contribution in [3.63, 3.8) is 0 Å². The van der Waals surface area contributed by atoms with E-state index in [2.05, 4.69) is 5.32 Å². The lowest BCUT2D eigenvalue weighted by Crippen LogP contribution is -2.21. The van der Waals surface area contributed by atoms with Gasteiger partial charge in [0.1, 0.15) is 5.78 Å². The summed E-state index contributed by atoms with van der Waals surface area (Å²) in [6.45, 7) is 2.15. The zero-order chi connectivity index (χ0) is 11.2. The molecule has 0 spiro atoms. The van der Waals surface area contributed by atoms with Gasteiger partial charge in [-0.05, 0) is 38.3 Å². The summed E-state index contributed by atoms with van der Waals surface area (Å²) in [5.74, 6) is 1.66. The molecular formula is C14H25NO. The summed E-state index contributed by atoms with van der Waals surface area (Å²) in [6, 6.07) is 0. The van der Waals surface area contributed by atoms with E-state index in [0.717, 1.165) is 38.3 Å². The van der Waals surface area contributed by atoms with Crippen molar-refractivity contribution < 1.29 is 4.79 Å². The van der Waals surface area contributed by atoms with Gasteiger partial charge in [0.05, 0.1) is 0 Å². The Kier molecular flexibility index (Phi) is 4.83.